The zero-order valence-electron chi connectivity index (χ0n) is 10.4. The average molecular weight is 247 g/mol. The summed E-state index contributed by atoms with van der Waals surface area (Å²) in [5, 5.41) is 6.62. The summed E-state index contributed by atoms with van der Waals surface area (Å²) in [6, 6.07) is 4.50. The molecule has 4 heteroatoms. The molecule has 2 heterocycles. The molecular formula is C13H17N3S. The molecule has 17 heavy (non-hydrogen) atoms. The van der Waals surface area contributed by atoms with Crippen LogP contribution in [0.15, 0.2) is 23.7 Å². The van der Waals surface area contributed by atoms with Crippen LogP contribution in [0.25, 0.3) is 0 Å². The van der Waals surface area contributed by atoms with Crippen LogP contribution in [0.2, 0.25) is 0 Å². The summed E-state index contributed by atoms with van der Waals surface area (Å²) in [5.41, 5.74) is 3.43. The SMILES string of the molecule is CNC(Cc1nc(C)cs1)c1ccnc(C)c1. The molecule has 0 fully saturated rings. The van der Waals surface area contributed by atoms with E-state index in [1.165, 1.54) is 10.6 Å². The molecule has 1 atom stereocenters. The molecule has 0 saturated heterocycles. The van der Waals surface area contributed by atoms with Crippen LogP contribution >= 0.6 is 11.3 Å². The van der Waals surface area contributed by atoms with Crippen LogP contribution in [-0.4, -0.2) is 17.0 Å². The first-order valence-corrected chi connectivity index (χ1v) is 6.58. The number of nitrogens with one attached hydrogen (secondary N) is 1. The number of hydrogen-bond acceptors (Lipinski definition) is 4. The topological polar surface area (TPSA) is 37.8 Å². The van der Waals surface area contributed by atoms with Gasteiger partial charge in [0.15, 0.2) is 0 Å². The summed E-state index contributed by atoms with van der Waals surface area (Å²) in [6.45, 7) is 4.05. The van der Waals surface area contributed by atoms with Gasteiger partial charge >= 0.3 is 0 Å². The van der Waals surface area contributed by atoms with Crippen LogP contribution in [0, 0.1) is 13.8 Å². The van der Waals surface area contributed by atoms with Crippen molar-refractivity contribution >= 4 is 11.3 Å². The van der Waals surface area contributed by atoms with Gasteiger partial charge < -0.3 is 5.32 Å². The highest BCUT2D eigenvalue weighted by Crippen LogP contribution is 2.20. The van der Waals surface area contributed by atoms with E-state index in [1.807, 2.05) is 27.1 Å². The van der Waals surface area contributed by atoms with Gasteiger partial charge in [0, 0.05) is 35.4 Å². The van der Waals surface area contributed by atoms with Crippen molar-refractivity contribution in [2.45, 2.75) is 26.3 Å². The molecule has 2 aromatic heterocycles. The fourth-order valence-corrected chi connectivity index (χ4v) is 2.66. The number of aryl methyl sites for hydroxylation is 2. The van der Waals surface area contributed by atoms with Crippen molar-refractivity contribution < 1.29 is 0 Å². The average Bonchev–Trinajstić information content (AvgIpc) is 2.72. The molecule has 90 valence electrons. The molecule has 1 unspecified atom stereocenters. The Hall–Kier alpha value is -1.26. The van der Waals surface area contributed by atoms with E-state index in [0.29, 0.717) is 6.04 Å². The van der Waals surface area contributed by atoms with E-state index in [9.17, 15) is 0 Å². The van der Waals surface area contributed by atoms with Crippen LogP contribution in [0.5, 0.6) is 0 Å². The van der Waals surface area contributed by atoms with Gasteiger partial charge in [-0.1, -0.05) is 0 Å². The largest absolute Gasteiger partial charge is 0.313 e. The minimum absolute atomic E-state index is 0.308. The van der Waals surface area contributed by atoms with E-state index in [-0.39, 0.29) is 0 Å². The molecule has 1 N–H and O–H groups in total. The lowest BCUT2D eigenvalue weighted by Crippen LogP contribution is -2.19. The third-order valence-electron chi connectivity index (χ3n) is 2.72. The summed E-state index contributed by atoms with van der Waals surface area (Å²) in [5.74, 6) is 0. The minimum Gasteiger partial charge on any atom is -0.313 e. The predicted molar refractivity (Wildman–Crippen MR) is 71.3 cm³/mol. The molecule has 2 aromatic rings. The smallest absolute Gasteiger partial charge is 0.0947 e. The molecule has 2 rings (SSSR count). The van der Waals surface area contributed by atoms with Gasteiger partial charge in [-0.05, 0) is 38.6 Å². The summed E-state index contributed by atoms with van der Waals surface area (Å²) in [7, 11) is 1.99. The Labute approximate surface area is 106 Å². The second kappa shape index (κ2) is 5.38. The Balaban J connectivity index is 2.16. The monoisotopic (exact) mass is 247 g/mol. The number of nitrogens with zero attached hydrogens (tertiary/aromatic N) is 2. The minimum atomic E-state index is 0.308. The zero-order chi connectivity index (χ0) is 12.3. The Morgan fingerprint density at radius 3 is 2.76 bits per heavy atom. The van der Waals surface area contributed by atoms with Crippen molar-refractivity contribution in [3.05, 3.63) is 45.7 Å². The van der Waals surface area contributed by atoms with Crippen molar-refractivity contribution in [2.75, 3.05) is 7.05 Å². The van der Waals surface area contributed by atoms with E-state index in [2.05, 4.69) is 32.8 Å². The highest BCUT2D eigenvalue weighted by atomic mass is 32.1. The summed E-state index contributed by atoms with van der Waals surface area (Å²) in [6.07, 6.45) is 2.79. The lowest BCUT2D eigenvalue weighted by atomic mass is 10.0. The quantitative estimate of drug-likeness (QED) is 0.902. The second-order valence-corrected chi connectivity index (χ2v) is 5.10. The van der Waals surface area contributed by atoms with Crippen LogP contribution in [0.1, 0.15) is 28.0 Å². The molecular weight excluding hydrogens is 230 g/mol. The molecule has 0 radical (unpaired) electrons. The Morgan fingerprint density at radius 1 is 1.35 bits per heavy atom. The van der Waals surface area contributed by atoms with Gasteiger partial charge in [0.1, 0.15) is 0 Å². The molecule has 0 spiro atoms. The van der Waals surface area contributed by atoms with Crippen molar-refractivity contribution in [3.63, 3.8) is 0 Å². The van der Waals surface area contributed by atoms with Crippen molar-refractivity contribution in [1.29, 1.82) is 0 Å². The summed E-state index contributed by atoms with van der Waals surface area (Å²) in [4.78, 5) is 8.74. The zero-order valence-corrected chi connectivity index (χ0v) is 11.2. The third kappa shape index (κ3) is 3.11. The van der Waals surface area contributed by atoms with E-state index in [0.717, 1.165) is 17.8 Å². The third-order valence-corrected chi connectivity index (χ3v) is 3.71. The number of aromatic nitrogens is 2. The summed E-state index contributed by atoms with van der Waals surface area (Å²) < 4.78 is 0. The van der Waals surface area contributed by atoms with Crippen LogP contribution in [0.4, 0.5) is 0 Å². The van der Waals surface area contributed by atoms with Crippen molar-refractivity contribution in [1.82, 2.24) is 15.3 Å². The van der Waals surface area contributed by atoms with Gasteiger partial charge in [-0.3, -0.25) is 4.98 Å². The maximum atomic E-state index is 4.51. The first-order chi connectivity index (χ1) is 8.19. The van der Waals surface area contributed by atoms with Gasteiger partial charge in [-0.25, -0.2) is 4.98 Å². The number of hydrogen-bond donors (Lipinski definition) is 1. The van der Waals surface area contributed by atoms with Crippen LogP contribution in [0.3, 0.4) is 0 Å². The molecule has 0 aliphatic heterocycles. The molecule has 0 amide bonds. The molecule has 0 bridgehead atoms. The van der Waals surface area contributed by atoms with E-state index in [1.54, 1.807) is 11.3 Å². The van der Waals surface area contributed by atoms with Gasteiger partial charge in [-0.2, -0.15) is 0 Å². The number of rotatable bonds is 4. The fourth-order valence-electron chi connectivity index (χ4n) is 1.84. The fraction of sp³-hybridized carbons (Fsp3) is 0.385. The normalized spacial score (nSPS) is 12.6. The number of thiazole rings is 1. The molecule has 0 aromatic carbocycles. The number of likely N-dealkylation sites (N-methyl/N-ethyl adjacent to an activating group) is 1. The van der Waals surface area contributed by atoms with Crippen LogP contribution in [-0.2, 0) is 6.42 Å². The highest BCUT2D eigenvalue weighted by Gasteiger charge is 2.12. The van der Waals surface area contributed by atoms with E-state index >= 15 is 0 Å². The van der Waals surface area contributed by atoms with Gasteiger partial charge in [0.25, 0.3) is 0 Å². The second-order valence-electron chi connectivity index (χ2n) is 4.16. The number of pyridine rings is 1. The maximum absolute atomic E-state index is 4.51. The first-order valence-electron chi connectivity index (χ1n) is 5.70. The molecule has 0 aliphatic carbocycles. The Kier molecular flexibility index (Phi) is 3.86. The first kappa shape index (κ1) is 12.2. The Bertz CT molecular complexity index is 493. The van der Waals surface area contributed by atoms with Gasteiger partial charge in [0.05, 0.1) is 5.01 Å². The van der Waals surface area contributed by atoms with E-state index in [4.69, 9.17) is 0 Å². The van der Waals surface area contributed by atoms with Gasteiger partial charge in [0.2, 0.25) is 0 Å². The van der Waals surface area contributed by atoms with E-state index < -0.39 is 0 Å². The lowest BCUT2D eigenvalue weighted by molar-refractivity contribution is 0.588. The molecule has 0 saturated carbocycles. The van der Waals surface area contributed by atoms with Crippen molar-refractivity contribution in [2.24, 2.45) is 0 Å². The summed E-state index contributed by atoms with van der Waals surface area (Å²) >= 11 is 1.73. The predicted octanol–water partition coefficient (Wildman–Crippen LogP) is 2.66. The molecule has 0 aliphatic rings. The van der Waals surface area contributed by atoms with Gasteiger partial charge in [-0.15, -0.1) is 11.3 Å². The van der Waals surface area contributed by atoms with Crippen molar-refractivity contribution in [3.8, 4) is 0 Å². The molecule has 3 nitrogen and oxygen atoms in total. The standard InChI is InChI=1S/C13H17N3S/c1-9-6-11(4-5-15-9)12(14-3)7-13-16-10(2)8-17-13/h4-6,8,12,14H,7H2,1-3H3. The highest BCUT2D eigenvalue weighted by molar-refractivity contribution is 7.09. The van der Waals surface area contributed by atoms with Crippen LogP contribution < -0.4 is 5.32 Å². The lowest BCUT2D eigenvalue weighted by Gasteiger charge is -2.15. The Morgan fingerprint density at radius 2 is 2.18 bits per heavy atom. The maximum Gasteiger partial charge on any atom is 0.0947 e.